The van der Waals surface area contributed by atoms with Crippen LogP contribution in [-0.2, 0) is 20.0 Å². The van der Waals surface area contributed by atoms with Crippen LogP contribution in [0.3, 0.4) is 0 Å². The Hall–Kier alpha value is -1.26. The zero-order valence-electron chi connectivity index (χ0n) is 8.96. The van der Waals surface area contributed by atoms with Crippen LogP contribution < -0.4 is 5.32 Å². The highest BCUT2D eigenvalue weighted by atomic mass is 35.5. The molecule has 0 radical (unpaired) electrons. The molecule has 0 unspecified atom stereocenters. The average molecular weight is 238 g/mol. The first-order valence-corrected chi connectivity index (χ1v) is 5.64. The quantitative estimate of drug-likeness (QED) is 0.825. The highest BCUT2D eigenvalue weighted by Crippen LogP contribution is 2.26. The maximum absolute atomic E-state index is 5.77. The minimum atomic E-state index is 0.397. The molecule has 16 heavy (non-hydrogen) atoms. The standard InChI is InChI=1S/C11H12ClN3O/c1-15-8-4-5-13-6-7(8)14-11(15)9-2-3-10(12)16-9/h2-3,13H,4-6H2,1H3. The second-order valence-electron chi connectivity index (χ2n) is 3.92. The molecule has 0 spiro atoms. The van der Waals surface area contributed by atoms with Crippen molar-refractivity contribution in [3.05, 3.63) is 28.7 Å². The predicted molar refractivity (Wildman–Crippen MR) is 61.3 cm³/mol. The summed E-state index contributed by atoms with van der Waals surface area (Å²) in [6.07, 6.45) is 1.01. The number of fused-ring (bicyclic) bond motifs is 1. The van der Waals surface area contributed by atoms with Gasteiger partial charge in [0.25, 0.3) is 0 Å². The lowest BCUT2D eigenvalue weighted by atomic mass is 10.2. The van der Waals surface area contributed by atoms with Crippen molar-refractivity contribution in [3.63, 3.8) is 0 Å². The van der Waals surface area contributed by atoms with Gasteiger partial charge < -0.3 is 14.3 Å². The first-order valence-electron chi connectivity index (χ1n) is 5.26. The van der Waals surface area contributed by atoms with Crippen molar-refractivity contribution in [2.24, 2.45) is 7.05 Å². The Labute approximate surface area is 98.2 Å². The van der Waals surface area contributed by atoms with Gasteiger partial charge in [-0.05, 0) is 23.7 Å². The molecule has 3 rings (SSSR count). The third-order valence-corrected chi connectivity index (χ3v) is 3.12. The fourth-order valence-electron chi connectivity index (χ4n) is 2.11. The lowest BCUT2D eigenvalue weighted by molar-refractivity contribution is 0.574. The third-order valence-electron chi connectivity index (χ3n) is 2.92. The summed E-state index contributed by atoms with van der Waals surface area (Å²) in [4.78, 5) is 4.58. The molecule has 1 N–H and O–H groups in total. The van der Waals surface area contributed by atoms with E-state index in [-0.39, 0.29) is 0 Å². The van der Waals surface area contributed by atoms with Crippen LogP contribution in [0.5, 0.6) is 0 Å². The second-order valence-corrected chi connectivity index (χ2v) is 4.29. The summed E-state index contributed by atoms with van der Waals surface area (Å²) in [5.41, 5.74) is 2.39. The lowest BCUT2D eigenvalue weighted by Crippen LogP contribution is -2.24. The summed E-state index contributed by atoms with van der Waals surface area (Å²) in [6.45, 7) is 1.84. The van der Waals surface area contributed by atoms with Gasteiger partial charge in [0.1, 0.15) is 0 Å². The molecule has 4 nitrogen and oxygen atoms in total. The summed E-state index contributed by atoms with van der Waals surface area (Å²) in [7, 11) is 2.02. The Balaban J connectivity index is 2.11. The first kappa shape index (κ1) is 9.93. The highest BCUT2D eigenvalue weighted by Gasteiger charge is 2.19. The second kappa shape index (κ2) is 3.64. The maximum atomic E-state index is 5.77. The molecule has 3 heterocycles. The van der Waals surface area contributed by atoms with E-state index < -0.39 is 0 Å². The maximum Gasteiger partial charge on any atom is 0.194 e. The Morgan fingerprint density at radius 2 is 2.38 bits per heavy atom. The normalized spacial score (nSPS) is 15.1. The minimum Gasteiger partial charge on any atom is -0.441 e. The summed E-state index contributed by atoms with van der Waals surface area (Å²) >= 11 is 5.77. The molecule has 0 amide bonds. The number of furan rings is 1. The van der Waals surface area contributed by atoms with Gasteiger partial charge in [-0.15, -0.1) is 0 Å². The molecule has 0 aromatic carbocycles. The van der Waals surface area contributed by atoms with Gasteiger partial charge in [0.15, 0.2) is 16.8 Å². The van der Waals surface area contributed by atoms with Crippen LogP contribution in [0.2, 0.25) is 5.22 Å². The van der Waals surface area contributed by atoms with Crippen LogP contribution in [0.4, 0.5) is 0 Å². The number of imidazole rings is 1. The first-order chi connectivity index (χ1) is 7.75. The molecule has 1 aliphatic heterocycles. The molecular weight excluding hydrogens is 226 g/mol. The van der Waals surface area contributed by atoms with E-state index >= 15 is 0 Å². The van der Waals surface area contributed by atoms with Crippen LogP contribution in [0.15, 0.2) is 16.5 Å². The molecular formula is C11H12ClN3O. The Morgan fingerprint density at radius 1 is 1.50 bits per heavy atom. The van der Waals surface area contributed by atoms with Crippen LogP contribution >= 0.6 is 11.6 Å². The number of aromatic nitrogens is 2. The summed E-state index contributed by atoms with van der Waals surface area (Å²) in [5, 5.41) is 3.70. The topological polar surface area (TPSA) is 43.0 Å². The minimum absolute atomic E-state index is 0.397. The number of rotatable bonds is 1. The van der Waals surface area contributed by atoms with E-state index in [4.69, 9.17) is 16.0 Å². The van der Waals surface area contributed by atoms with Gasteiger partial charge in [0.2, 0.25) is 0 Å². The zero-order valence-corrected chi connectivity index (χ0v) is 9.71. The molecule has 0 fully saturated rings. The summed E-state index contributed by atoms with van der Waals surface area (Å²) < 4.78 is 7.48. The zero-order chi connectivity index (χ0) is 11.1. The fraction of sp³-hybridized carbons (Fsp3) is 0.364. The number of hydrogen-bond donors (Lipinski definition) is 1. The van der Waals surface area contributed by atoms with Crippen molar-refractivity contribution >= 4 is 11.6 Å². The van der Waals surface area contributed by atoms with E-state index in [0.29, 0.717) is 5.22 Å². The van der Waals surface area contributed by atoms with Gasteiger partial charge in [-0.1, -0.05) is 0 Å². The van der Waals surface area contributed by atoms with E-state index in [1.807, 2.05) is 13.1 Å². The van der Waals surface area contributed by atoms with Gasteiger partial charge >= 0.3 is 0 Å². The van der Waals surface area contributed by atoms with Crippen molar-refractivity contribution < 1.29 is 4.42 Å². The van der Waals surface area contributed by atoms with Crippen LogP contribution in [0.1, 0.15) is 11.4 Å². The molecule has 1 aliphatic rings. The van der Waals surface area contributed by atoms with E-state index in [1.54, 1.807) is 6.07 Å². The number of hydrogen-bond acceptors (Lipinski definition) is 3. The van der Waals surface area contributed by atoms with Gasteiger partial charge in [-0.3, -0.25) is 0 Å². The number of nitrogens with zero attached hydrogens (tertiary/aromatic N) is 2. The summed E-state index contributed by atoms with van der Waals surface area (Å²) in [6, 6.07) is 3.59. The Bertz CT molecular complexity index is 529. The Kier molecular flexibility index (Phi) is 2.26. The van der Waals surface area contributed by atoms with Crippen LogP contribution in [-0.4, -0.2) is 16.1 Å². The molecule has 0 aliphatic carbocycles. The number of nitrogens with one attached hydrogen (secondary N) is 1. The Morgan fingerprint density at radius 3 is 3.06 bits per heavy atom. The highest BCUT2D eigenvalue weighted by molar-refractivity contribution is 6.28. The molecule has 84 valence electrons. The van der Waals surface area contributed by atoms with E-state index in [9.17, 15) is 0 Å². The van der Waals surface area contributed by atoms with Gasteiger partial charge in [0, 0.05) is 32.3 Å². The van der Waals surface area contributed by atoms with Crippen LogP contribution in [0, 0.1) is 0 Å². The van der Waals surface area contributed by atoms with Gasteiger partial charge in [-0.2, -0.15) is 0 Å². The predicted octanol–water partition coefficient (Wildman–Crippen LogP) is 1.98. The van der Waals surface area contributed by atoms with Crippen LogP contribution in [0.25, 0.3) is 11.6 Å². The smallest absolute Gasteiger partial charge is 0.194 e. The van der Waals surface area contributed by atoms with E-state index in [2.05, 4.69) is 14.9 Å². The third kappa shape index (κ3) is 1.45. The summed E-state index contributed by atoms with van der Waals surface area (Å²) in [5.74, 6) is 1.57. The fourth-order valence-corrected chi connectivity index (χ4v) is 2.26. The molecule has 0 saturated carbocycles. The molecule has 2 aromatic heterocycles. The van der Waals surface area contributed by atoms with E-state index in [1.165, 1.54) is 5.69 Å². The van der Waals surface area contributed by atoms with E-state index in [0.717, 1.165) is 36.8 Å². The number of halogens is 1. The average Bonchev–Trinajstić information content (AvgIpc) is 2.84. The molecule has 5 heteroatoms. The largest absolute Gasteiger partial charge is 0.441 e. The van der Waals surface area contributed by atoms with Crippen molar-refractivity contribution in [1.82, 2.24) is 14.9 Å². The van der Waals surface area contributed by atoms with Crippen molar-refractivity contribution in [2.45, 2.75) is 13.0 Å². The van der Waals surface area contributed by atoms with Crippen molar-refractivity contribution in [3.8, 4) is 11.6 Å². The molecule has 0 atom stereocenters. The molecule has 2 aromatic rings. The van der Waals surface area contributed by atoms with Gasteiger partial charge in [0.05, 0.1) is 5.69 Å². The van der Waals surface area contributed by atoms with Crippen molar-refractivity contribution in [1.29, 1.82) is 0 Å². The SMILES string of the molecule is Cn1c(-c2ccc(Cl)o2)nc2c1CCNC2. The van der Waals surface area contributed by atoms with Gasteiger partial charge in [-0.25, -0.2) is 4.98 Å². The monoisotopic (exact) mass is 237 g/mol. The molecule has 0 bridgehead atoms. The lowest BCUT2D eigenvalue weighted by Gasteiger charge is -2.12. The molecule has 0 saturated heterocycles. The van der Waals surface area contributed by atoms with Crippen molar-refractivity contribution in [2.75, 3.05) is 6.54 Å².